The Bertz CT molecular complexity index is 255. The van der Waals surface area contributed by atoms with Crippen molar-refractivity contribution in [1.82, 2.24) is 10.4 Å². The SMILES string of the molecule is CC(=O)/C=C/N(C)C1CONC1=O.[NaH]. The molecule has 6 heteroatoms. The van der Waals surface area contributed by atoms with E-state index in [2.05, 4.69) is 5.48 Å². The third-order valence-corrected chi connectivity index (χ3v) is 1.75. The molecule has 1 heterocycles. The van der Waals surface area contributed by atoms with Gasteiger partial charge in [-0.1, -0.05) is 0 Å². The van der Waals surface area contributed by atoms with Crippen LogP contribution >= 0.6 is 0 Å². The van der Waals surface area contributed by atoms with Crippen molar-refractivity contribution in [3.8, 4) is 0 Å². The van der Waals surface area contributed by atoms with Crippen LogP contribution in [0.25, 0.3) is 0 Å². The quantitative estimate of drug-likeness (QED) is 0.467. The number of hydrogen-bond acceptors (Lipinski definition) is 4. The van der Waals surface area contributed by atoms with Gasteiger partial charge in [0, 0.05) is 13.2 Å². The van der Waals surface area contributed by atoms with Gasteiger partial charge in [0.25, 0.3) is 5.91 Å². The average Bonchev–Trinajstić information content (AvgIpc) is 2.47. The molecule has 0 radical (unpaired) electrons. The zero-order valence-electron chi connectivity index (χ0n) is 7.61. The fourth-order valence-electron chi connectivity index (χ4n) is 0.964. The van der Waals surface area contributed by atoms with E-state index in [-0.39, 0.29) is 47.3 Å². The molecule has 1 aliphatic rings. The Morgan fingerprint density at radius 1 is 1.71 bits per heavy atom. The van der Waals surface area contributed by atoms with Gasteiger partial charge in [-0.3, -0.25) is 14.4 Å². The zero-order chi connectivity index (χ0) is 9.84. The first kappa shape index (κ1) is 13.6. The monoisotopic (exact) mass is 208 g/mol. The number of hydroxylamine groups is 1. The van der Waals surface area contributed by atoms with Gasteiger partial charge in [0.15, 0.2) is 5.78 Å². The molecule has 0 saturated carbocycles. The van der Waals surface area contributed by atoms with Crippen molar-refractivity contribution in [2.75, 3.05) is 13.7 Å². The van der Waals surface area contributed by atoms with Crippen LogP contribution in [0, 0.1) is 0 Å². The summed E-state index contributed by atoms with van der Waals surface area (Å²) in [5.41, 5.74) is 2.24. The summed E-state index contributed by atoms with van der Waals surface area (Å²) in [6.07, 6.45) is 2.98. The molecule has 1 unspecified atom stereocenters. The van der Waals surface area contributed by atoms with Crippen LogP contribution in [0.3, 0.4) is 0 Å². The van der Waals surface area contributed by atoms with Gasteiger partial charge >= 0.3 is 29.6 Å². The topological polar surface area (TPSA) is 58.6 Å². The maximum atomic E-state index is 11.1. The number of allylic oxidation sites excluding steroid dienone is 1. The van der Waals surface area contributed by atoms with Crippen LogP contribution in [-0.2, 0) is 14.4 Å². The average molecular weight is 208 g/mol. The second kappa shape index (κ2) is 6.19. The summed E-state index contributed by atoms with van der Waals surface area (Å²) in [6, 6.07) is -0.337. The van der Waals surface area contributed by atoms with Crippen LogP contribution in [-0.4, -0.2) is 65.8 Å². The number of ketones is 1. The second-order valence-electron chi connectivity index (χ2n) is 2.88. The molecular weight excluding hydrogens is 195 g/mol. The van der Waals surface area contributed by atoms with Crippen LogP contribution in [0.5, 0.6) is 0 Å². The number of rotatable bonds is 3. The Kier molecular flexibility index (Phi) is 6.03. The summed E-state index contributed by atoms with van der Waals surface area (Å²) in [4.78, 5) is 28.0. The van der Waals surface area contributed by atoms with Gasteiger partial charge < -0.3 is 4.90 Å². The molecule has 0 aromatic rings. The first-order chi connectivity index (χ1) is 6.11. The number of amides is 1. The molecule has 14 heavy (non-hydrogen) atoms. The molecule has 74 valence electrons. The van der Waals surface area contributed by atoms with Gasteiger partial charge in [-0.25, -0.2) is 5.48 Å². The summed E-state index contributed by atoms with van der Waals surface area (Å²) in [6.45, 7) is 1.76. The first-order valence-electron chi connectivity index (χ1n) is 3.93. The molecular formula is C8H13N2NaO3. The molecule has 1 fully saturated rings. The zero-order valence-corrected chi connectivity index (χ0v) is 7.61. The number of nitrogens with one attached hydrogen (secondary N) is 1. The van der Waals surface area contributed by atoms with Crippen LogP contribution < -0.4 is 5.48 Å². The summed E-state index contributed by atoms with van der Waals surface area (Å²) < 4.78 is 0. The Morgan fingerprint density at radius 2 is 2.36 bits per heavy atom. The van der Waals surface area contributed by atoms with Crippen molar-refractivity contribution in [2.24, 2.45) is 0 Å². The van der Waals surface area contributed by atoms with Gasteiger partial charge in [0.1, 0.15) is 12.6 Å². The number of carbonyl (C=O) groups excluding carboxylic acids is 2. The molecule has 1 saturated heterocycles. The third kappa shape index (κ3) is 3.79. The van der Waals surface area contributed by atoms with Gasteiger partial charge in [0.05, 0.1) is 0 Å². The molecule has 0 spiro atoms. The van der Waals surface area contributed by atoms with Crippen molar-refractivity contribution >= 4 is 41.2 Å². The van der Waals surface area contributed by atoms with Crippen molar-refractivity contribution in [3.63, 3.8) is 0 Å². The number of likely N-dealkylation sites (N-methyl/N-ethyl adjacent to an activating group) is 1. The molecule has 0 aromatic carbocycles. The van der Waals surface area contributed by atoms with Crippen LogP contribution in [0.15, 0.2) is 12.3 Å². The molecule has 5 nitrogen and oxygen atoms in total. The molecule has 0 aromatic heterocycles. The molecule has 1 rings (SSSR count). The van der Waals surface area contributed by atoms with Crippen LogP contribution in [0.2, 0.25) is 0 Å². The normalized spacial score (nSPS) is 20.4. The van der Waals surface area contributed by atoms with E-state index in [1.54, 1.807) is 18.1 Å². The number of hydrogen-bond donors (Lipinski definition) is 1. The van der Waals surface area contributed by atoms with E-state index in [1.807, 2.05) is 0 Å². The fourth-order valence-corrected chi connectivity index (χ4v) is 0.964. The summed E-state index contributed by atoms with van der Waals surface area (Å²) in [5.74, 6) is -0.234. The summed E-state index contributed by atoms with van der Waals surface area (Å²) in [5, 5.41) is 0. The van der Waals surface area contributed by atoms with E-state index >= 15 is 0 Å². The van der Waals surface area contributed by atoms with E-state index in [0.29, 0.717) is 6.61 Å². The summed E-state index contributed by atoms with van der Waals surface area (Å²) >= 11 is 0. The Labute approximate surface area is 105 Å². The van der Waals surface area contributed by atoms with E-state index in [0.717, 1.165) is 0 Å². The van der Waals surface area contributed by atoms with Gasteiger partial charge in [-0.05, 0) is 13.0 Å². The maximum absolute atomic E-state index is 11.1. The standard InChI is InChI=1S/C8H12N2O3.Na.H/c1-6(11)3-4-10(2)7-5-13-9-8(7)12;;/h3-4,7H,5H2,1-2H3,(H,9,12);;/b4-3+;;. The molecule has 0 aliphatic carbocycles. The third-order valence-electron chi connectivity index (χ3n) is 1.75. The van der Waals surface area contributed by atoms with Crippen molar-refractivity contribution in [3.05, 3.63) is 12.3 Å². The minimum absolute atomic E-state index is 0. The van der Waals surface area contributed by atoms with Gasteiger partial charge in [-0.2, -0.15) is 0 Å². The molecule has 1 atom stereocenters. The van der Waals surface area contributed by atoms with E-state index in [1.165, 1.54) is 13.0 Å². The second-order valence-corrected chi connectivity index (χ2v) is 2.88. The van der Waals surface area contributed by atoms with Gasteiger partial charge in [0.2, 0.25) is 0 Å². The Hall–Kier alpha value is -0.360. The Morgan fingerprint density at radius 3 is 2.79 bits per heavy atom. The van der Waals surface area contributed by atoms with Crippen molar-refractivity contribution in [2.45, 2.75) is 13.0 Å². The van der Waals surface area contributed by atoms with Crippen molar-refractivity contribution < 1.29 is 14.4 Å². The molecule has 0 bridgehead atoms. The van der Waals surface area contributed by atoms with E-state index in [4.69, 9.17) is 4.84 Å². The minimum atomic E-state index is -0.337. The van der Waals surface area contributed by atoms with E-state index in [9.17, 15) is 9.59 Å². The summed E-state index contributed by atoms with van der Waals surface area (Å²) in [7, 11) is 1.72. The number of nitrogens with zero attached hydrogens (tertiary/aromatic N) is 1. The number of carbonyl (C=O) groups is 2. The molecule has 1 aliphatic heterocycles. The van der Waals surface area contributed by atoms with E-state index < -0.39 is 0 Å². The van der Waals surface area contributed by atoms with Crippen LogP contribution in [0.4, 0.5) is 0 Å². The van der Waals surface area contributed by atoms with Crippen molar-refractivity contribution in [1.29, 1.82) is 0 Å². The molecule has 1 N–H and O–H groups in total. The van der Waals surface area contributed by atoms with Gasteiger partial charge in [-0.15, -0.1) is 0 Å². The van der Waals surface area contributed by atoms with Crippen LogP contribution in [0.1, 0.15) is 6.92 Å². The molecule has 1 amide bonds. The predicted octanol–water partition coefficient (Wildman–Crippen LogP) is -1.20. The predicted molar refractivity (Wildman–Crippen MR) is 52.6 cm³/mol. The fraction of sp³-hybridized carbons (Fsp3) is 0.500. The Balaban J connectivity index is 0.00000169. The first-order valence-corrected chi connectivity index (χ1v) is 3.93.